The molecule has 1 N–H and O–H groups in total. The predicted octanol–water partition coefficient (Wildman–Crippen LogP) is 5.94. The van der Waals surface area contributed by atoms with Crippen molar-refractivity contribution in [1.82, 2.24) is 19.5 Å². The number of rotatable bonds is 12. The number of anilines is 1. The van der Waals surface area contributed by atoms with E-state index in [2.05, 4.69) is 44.5 Å². The highest BCUT2D eigenvalue weighted by molar-refractivity contribution is 5.90. The summed E-state index contributed by atoms with van der Waals surface area (Å²) in [5.41, 5.74) is 3.42. The minimum Gasteiger partial charge on any atom is -0.452 e. The second-order valence-corrected chi connectivity index (χ2v) is 12.1. The zero-order chi connectivity index (χ0) is 35.9. The van der Waals surface area contributed by atoms with E-state index in [0.717, 1.165) is 11.1 Å². The zero-order valence-corrected chi connectivity index (χ0v) is 28.1. The third kappa shape index (κ3) is 7.22. The van der Waals surface area contributed by atoms with Crippen LogP contribution in [0.25, 0.3) is 11.2 Å². The lowest BCUT2D eigenvalue weighted by Gasteiger charge is -2.25. The molecule has 260 valence electrons. The first-order valence-corrected chi connectivity index (χ1v) is 16.7. The molecule has 0 saturated carbocycles. The van der Waals surface area contributed by atoms with Gasteiger partial charge in [-0.2, -0.15) is 15.2 Å². The van der Waals surface area contributed by atoms with Gasteiger partial charge in [-0.15, -0.1) is 0 Å². The van der Waals surface area contributed by atoms with Crippen LogP contribution in [0.1, 0.15) is 49.8 Å². The topological polar surface area (TPSA) is 150 Å². The minimum atomic E-state index is -1.17. The molecule has 1 saturated heterocycles. The first kappa shape index (κ1) is 34.0. The van der Waals surface area contributed by atoms with Gasteiger partial charge >= 0.3 is 11.9 Å². The Labute approximate surface area is 299 Å². The number of nitrogens with zero attached hydrogens (tertiary/aromatic N) is 5. The van der Waals surface area contributed by atoms with Crippen LogP contribution in [0, 0.1) is 11.3 Å². The molecule has 2 unspecified atom stereocenters. The molecule has 1 aliphatic rings. The number of esters is 2. The second kappa shape index (κ2) is 15.6. The van der Waals surface area contributed by atoms with E-state index in [1.54, 1.807) is 65.2 Å². The molecule has 52 heavy (non-hydrogen) atoms. The number of aromatic nitrogens is 4. The predicted molar refractivity (Wildman–Crippen MR) is 190 cm³/mol. The molecule has 7 rings (SSSR count). The van der Waals surface area contributed by atoms with E-state index in [-0.39, 0.29) is 24.0 Å². The van der Waals surface area contributed by atoms with E-state index in [1.807, 2.05) is 42.5 Å². The van der Waals surface area contributed by atoms with Crippen LogP contribution in [-0.4, -0.2) is 70.0 Å². The Morgan fingerprint density at radius 3 is 1.88 bits per heavy atom. The number of nitriles is 1. The number of benzene rings is 4. The van der Waals surface area contributed by atoms with Gasteiger partial charge in [0.2, 0.25) is 5.82 Å². The Hall–Kier alpha value is -6.42. The molecule has 0 amide bonds. The normalized spacial score (nSPS) is 18.2. The first-order chi connectivity index (χ1) is 25.5. The molecule has 0 spiro atoms. The Balaban J connectivity index is 1.26. The molecule has 2 aromatic heterocycles. The maximum absolute atomic E-state index is 13.5. The average Bonchev–Trinajstić information content (AvgIpc) is 3.77. The van der Waals surface area contributed by atoms with Crippen molar-refractivity contribution < 1.29 is 28.5 Å². The summed E-state index contributed by atoms with van der Waals surface area (Å²) in [5, 5.41) is 13.4. The molecule has 4 aromatic carbocycles. The molecule has 1 fully saturated rings. The summed E-state index contributed by atoms with van der Waals surface area (Å²) in [6.45, 7) is 0.448. The van der Waals surface area contributed by atoms with Crippen molar-refractivity contribution in [2.24, 2.45) is 0 Å². The Morgan fingerprint density at radius 1 is 0.808 bits per heavy atom. The van der Waals surface area contributed by atoms with Gasteiger partial charge in [0.05, 0.1) is 24.1 Å². The number of hydrogen-bond donors (Lipinski definition) is 1. The SMILES string of the molecule is COC[C@H]1O[C@@H](n2cnc3c(NCC(c4ccccc4)c4ccccc4)nc(C#N)nc32)C(OC(=O)c2ccccc2)C1OC(=O)c1ccccc1. The van der Waals surface area contributed by atoms with E-state index in [0.29, 0.717) is 29.0 Å². The first-order valence-electron chi connectivity index (χ1n) is 16.7. The van der Waals surface area contributed by atoms with Gasteiger partial charge in [-0.1, -0.05) is 97.1 Å². The van der Waals surface area contributed by atoms with Gasteiger partial charge in [0.25, 0.3) is 0 Å². The molecule has 0 radical (unpaired) electrons. The van der Waals surface area contributed by atoms with E-state index >= 15 is 0 Å². The van der Waals surface area contributed by atoms with E-state index in [4.69, 9.17) is 18.9 Å². The molecule has 4 atom stereocenters. The van der Waals surface area contributed by atoms with E-state index in [9.17, 15) is 14.9 Å². The molecular formula is C40H34N6O6. The number of hydrogen-bond acceptors (Lipinski definition) is 11. The summed E-state index contributed by atoms with van der Waals surface area (Å²) in [6, 6.07) is 39.2. The molecule has 3 heterocycles. The summed E-state index contributed by atoms with van der Waals surface area (Å²) in [5.74, 6) is -1.09. The average molecular weight is 695 g/mol. The van der Waals surface area contributed by atoms with Crippen LogP contribution in [0.3, 0.4) is 0 Å². The van der Waals surface area contributed by atoms with Gasteiger partial charge in [-0.05, 0) is 35.4 Å². The molecule has 0 bridgehead atoms. The summed E-state index contributed by atoms with van der Waals surface area (Å²) < 4.78 is 25.6. The molecule has 0 aliphatic carbocycles. The van der Waals surface area contributed by atoms with Gasteiger partial charge < -0.3 is 24.3 Å². The Bertz CT molecular complexity index is 2140. The fourth-order valence-electron chi connectivity index (χ4n) is 6.30. The molecule has 6 aromatic rings. The van der Waals surface area contributed by atoms with Crippen LogP contribution in [-0.2, 0) is 18.9 Å². The van der Waals surface area contributed by atoms with Crippen molar-refractivity contribution >= 4 is 28.9 Å². The van der Waals surface area contributed by atoms with Gasteiger partial charge in [0, 0.05) is 19.6 Å². The van der Waals surface area contributed by atoms with Crippen molar-refractivity contribution in [1.29, 1.82) is 5.26 Å². The van der Waals surface area contributed by atoms with Crippen molar-refractivity contribution in [2.75, 3.05) is 25.6 Å². The van der Waals surface area contributed by atoms with Crippen molar-refractivity contribution in [2.45, 2.75) is 30.5 Å². The quantitative estimate of drug-likeness (QED) is 0.152. The largest absolute Gasteiger partial charge is 0.452 e. The van der Waals surface area contributed by atoms with Crippen LogP contribution < -0.4 is 5.32 Å². The number of nitrogens with one attached hydrogen (secondary N) is 1. The van der Waals surface area contributed by atoms with Crippen molar-refractivity contribution in [3.8, 4) is 6.07 Å². The Morgan fingerprint density at radius 2 is 1.35 bits per heavy atom. The second-order valence-electron chi connectivity index (χ2n) is 12.1. The van der Waals surface area contributed by atoms with Crippen LogP contribution in [0.4, 0.5) is 5.82 Å². The zero-order valence-electron chi connectivity index (χ0n) is 28.1. The molecular weight excluding hydrogens is 660 g/mol. The summed E-state index contributed by atoms with van der Waals surface area (Å²) in [6.07, 6.45) is -2.70. The number of fused-ring (bicyclic) bond motifs is 1. The lowest BCUT2D eigenvalue weighted by Crippen LogP contribution is -2.41. The van der Waals surface area contributed by atoms with E-state index in [1.165, 1.54) is 13.4 Å². The van der Waals surface area contributed by atoms with Crippen molar-refractivity contribution in [3.63, 3.8) is 0 Å². The minimum absolute atomic E-state index is 0.0147. The third-order valence-corrected chi connectivity index (χ3v) is 8.79. The third-order valence-electron chi connectivity index (χ3n) is 8.79. The maximum Gasteiger partial charge on any atom is 0.338 e. The summed E-state index contributed by atoms with van der Waals surface area (Å²) in [7, 11) is 1.49. The maximum atomic E-state index is 13.5. The summed E-state index contributed by atoms with van der Waals surface area (Å²) in [4.78, 5) is 40.5. The number of methoxy groups -OCH3 is 1. The van der Waals surface area contributed by atoms with Crippen LogP contribution in [0.15, 0.2) is 128 Å². The molecule has 1 aliphatic heterocycles. The monoisotopic (exact) mass is 694 g/mol. The molecule has 12 nitrogen and oxygen atoms in total. The summed E-state index contributed by atoms with van der Waals surface area (Å²) >= 11 is 0. The van der Waals surface area contributed by atoms with E-state index < -0.39 is 36.5 Å². The van der Waals surface area contributed by atoms with Crippen LogP contribution in [0.2, 0.25) is 0 Å². The highest BCUT2D eigenvalue weighted by Gasteiger charge is 2.51. The smallest absolute Gasteiger partial charge is 0.338 e. The van der Waals surface area contributed by atoms with Gasteiger partial charge in [0.1, 0.15) is 12.2 Å². The lowest BCUT2D eigenvalue weighted by atomic mass is 9.91. The van der Waals surface area contributed by atoms with Crippen LogP contribution >= 0.6 is 0 Å². The molecule has 12 heteroatoms. The highest BCUT2D eigenvalue weighted by Crippen LogP contribution is 2.37. The fourth-order valence-corrected chi connectivity index (χ4v) is 6.30. The van der Waals surface area contributed by atoms with Gasteiger partial charge in [-0.25, -0.2) is 14.6 Å². The standard InChI is InChI=1S/C40H34N6O6/c1-49-24-31-34(51-39(47)28-18-10-4-11-19-28)35(52-40(48)29-20-12-5-13-21-29)38(50-31)46-25-43-33-36(44-32(22-41)45-37(33)46)42-23-30(26-14-6-2-7-15-26)27-16-8-3-9-17-27/h2-21,25,30-31,34-35,38H,23-24H2,1H3,(H,42,44,45)/t31-,34?,35?,38-/m1/s1. The van der Waals surface area contributed by atoms with Gasteiger partial charge in [0.15, 0.2) is 35.4 Å². The van der Waals surface area contributed by atoms with Gasteiger partial charge in [-0.3, -0.25) is 4.57 Å². The van der Waals surface area contributed by atoms with Crippen LogP contribution in [0.5, 0.6) is 0 Å². The highest BCUT2D eigenvalue weighted by atomic mass is 16.7. The fraction of sp³-hybridized carbons (Fsp3) is 0.200. The lowest BCUT2D eigenvalue weighted by molar-refractivity contribution is -0.0622. The van der Waals surface area contributed by atoms with Crippen molar-refractivity contribution in [3.05, 3.63) is 156 Å². The number of carbonyl (C=O) groups excluding carboxylic acids is 2. The number of ether oxygens (including phenoxy) is 4. The Kier molecular flexibility index (Phi) is 10.2. The number of imidazole rings is 1. The number of carbonyl (C=O) groups is 2.